The van der Waals surface area contributed by atoms with Crippen LogP contribution in [0.2, 0.25) is 0 Å². The van der Waals surface area contributed by atoms with E-state index in [9.17, 15) is 0 Å². The van der Waals surface area contributed by atoms with Gasteiger partial charge >= 0.3 is 0 Å². The highest BCUT2D eigenvalue weighted by Crippen LogP contribution is 1.89. The standard InChI is InChI=1S/C10H11N/c1-2-4-6-8-10-11-9-7-5-3-1/h1-5,7-10H,6H2/b3-1+,4-2?,7-5-,10-8+,11-9-. The molecule has 11 heavy (non-hydrogen) atoms. The lowest BCUT2D eigenvalue weighted by atomic mass is 10.3. The molecule has 1 heterocycles. The van der Waals surface area contributed by atoms with E-state index < -0.39 is 0 Å². The minimum absolute atomic E-state index is 0.946. The van der Waals surface area contributed by atoms with Crippen LogP contribution in [0, 0.1) is 0 Å². The Morgan fingerprint density at radius 2 is 1.64 bits per heavy atom. The minimum atomic E-state index is 0.946. The van der Waals surface area contributed by atoms with E-state index in [1.807, 2.05) is 36.5 Å². The van der Waals surface area contributed by atoms with Crippen LogP contribution in [-0.2, 0) is 0 Å². The van der Waals surface area contributed by atoms with E-state index in [4.69, 9.17) is 0 Å². The SMILES string of the molecule is C1=CC/C=C/N=C\C=C/C=C/1. The maximum absolute atomic E-state index is 4.01. The summed E-state index contributed by atoms with van der Waals surface area (Å²) in [6.45, 7) is 0. The predicted octanol–water partition coefficient (Wildman–Crippen LogP) is 2.64. The molecule has 0 saturated heterocycles. The van der Waals surface area contributed by atoms with Crippen molar-refractivity contribution in [1.29, 1.82) is 0 Å². The zero-order valence-electron chi connectivity index (χ0n) is 6.35. The summed E-state index contributed by atoms with van der Waals surface area (Å²) in [6.07, 6.45) is 18.5. The van der Waals surface area contributed by atoms with Crippen molar-refractivity contribution in [1.82, 2.24) is 0 Å². The molecular formula is C10H11N. The second-order valence-corrected chi connectivity index (χ2v) is 2.12. The summed E-state index contributed by atoms with van der Waals surface area (Å²) in [5, 5.41) is 0. The van der Waals surface area contributed by atoms with Gasteiger partial charge < -0.3 is 0 Å². The number of allylic oxidation sites excluding steroid dienone is 7. The lowest BCUT2D eigenvalue weighted by molar-refractivity contribution is 1.36. The first kappa shape index (κ1) is 7.73. The van der Waals surface area contributed by atoms with E-state index in [1.165, 1.54) is 0 Å². The molecule has 56 valence electrons. The minimum Gasteiger partial charge on any atom is -0.265 e. The van der Waals surface area contributed by atoms with E-state index in [0.29, 0.717) is 0 Å². The fraction of sp³-hybridized carbons (Fsp3) is 0.100. The van der Waals surface area contributed by atoms with Gasteiger partial charge in [0, 0.05) is 12.4 Å². The van der Waals surface area contributed by atoms with E-state index >= 15 is 0 Å². The number of rotatable bonds is 0. The fourth-order valence-corrected chi connectivity index (χ4v) is 0.699. The Morgan fingerprint density at radius 3 is 2.64 bits per heavy atom. The number of hydrogen-bond donors (Lipinski definition) is 0. The largest absolute Gasteiger partial charge is 0.265 e. The average molecular weight is 145 g/mol. The molecule has 0 fully saturated rings. The van der Waals surface area contributed by atoms with Crippen LogP contribution in [0.25, 0.3) is 0 Å². The summed E-state index contributed by atoms with van der Waals surface area (Å²) < 4.78 is 0. The Bertz CT molecular complexity index is 205. The number of hydrogen-bond acceptors (Lipinski definition) is 1. The maximum Gasteiger partial charge on any atom is 0.0267 e. The van der Waals surface area contributed by atoms with Crippen LogP contribution in [0.3, 0.4) is 0 Å². The fourth-order valence-electron chi connectivity index (χ4n) is 0.699. The summed E-state index contributed by atoms with van der Waals surface area (Å²) in [4.78, 5) is 4.01. The third kappa shape index (κ3) is 4.09. The van der Waals surface area contributed by atoms with Gasteiger partial charge in [-0.3, -0.25) is 4.99 Å². The van der Waals surface area contributed by atoms with Crippen molar-refractivity contribution >= 4 is 6.21 Å². The third-order valence-electron chi connectivity index (χ3n) is 1.22. The van der Waals surface area contributed by atoms with E-state index in [0.717, 1.165) is 6.42 Å². The lowest BCUT2D eigenvalue weighted by Crippen LogP contribution is -1.59. The van der Waals surface area contributed by atoms with E-state index in [-0.39, 0.29) is 0 Å². The average Bonchev–Trinajstić information content (AvgIpc) is 2.08. The van der Waals surface area contributed by atoms with Crippen molar-refractivity contribution < 1.29 is 0 Å². The van der Waals surface area contributed by atoms with Gasteiger partial charge in [-0.05, 0) is 12.5 Å². The van der Waals surface area contributed by atoms with Crippen molar-refractivity contribution in [3.05, 3.63) is 48.7 Å². The lowest BCUT2D eigenvalue weighted by Gasteiger charge is -1.76. The molecule has 1 aliphatic rings. The van der Waals surface area contributed by atoms with Gasteiger partial charge in [-0.25, -0.2) is 0 Å². The zero-order chi connectivity index (χ0) is 7.78. The first-order valence-electron chi connectivity index (χ1n) is 3.67. The van der Waals surface area contributed by atoms with E-state index in [1.54, 1.807) is 12.4 Å². The molecule has 1 aliphatic heterocycles. The molecule has 0 aromatic rings. The van der Waals surface area contributed by atoms with Crippen LogP contribution in [0.15, 0.2) is 53.7 Å². The Kier molecular flexibility index (Phi) is 3.81. The van der Waals surface area contributed by atoms with Crippen molar-refractivity contribution in [3.63, 3.8) is 0 Å². The first-order valence-corrected chi connectivity index (χ1v) is 3.67. The molecule has 0 aromatic heterocycles. The Balaban J connectivity index is 2.61. The molecular weight excluding hydrogens is 134 g/mol. The van der Waals surface area contributed by atoms with Gasteiger partial charge in [0.05, 0.1) is 0 Å². The summed E-state index contributed by atoms with van der Waals surface area (Å²) in [6, 6.07) is 0. The van der Waals surface area contributed by atoms with Crippen LogP contribution in [-0.4, -0.2) is 6.21 Å². The Morgan fingerprint density at radius 1 is 0.818 bits per heavy atom. The molecule has 0 aromatic carbocycles. The summed E-state index contributed by atoms with van der Waals surface area (Å²) in [7, 11) is 0. The normalized spacial score (nSPS) is 28.4. The van der Waals surface area contributed by atoms with Crippen LogP contribution in [0.4, 0.5) is 0 Å². The molecule has 0 amide bonds. The molecule has 0 spiro atoms. The van der Waals surface area contributed by atoms with E-state index in [2.05, 4.69) is 11.1 Å². The molecule has 1 rings (SSSR count). The van der Waals surface area contributed by atoms with Crippen LogP contribution in [0.5, 0.6) is 0 Å². The summed E-state index contributed by atoms with van der Waals surface area (Å²) in [5.74, 6) is 0. The molecule has 0 aliphatic carbocycles. The first-order chi connectivity index (χ1) is 5.50. The highest BCUT2D eigenvalue weighted by atomic mass is 14.6. The Labute approximate surface area is 67.2 Å². The molecule has 0 saturated carbocycles. The van der Waals surface area contributed by atoms with Crippen molar-refractivity contribution in [2.24, 2.45) is 4.99 Å². The zero-order valence-corrected chi connectivity index (χ0v) is 6.35. The molecule has 0 atom stereocenters. The smallest absolute Gasteiger partial charge is 0.0267 e. The Hall–Kier alpha value is -1.37. The monoisotopic (exact) mass is 145 g/mol. The van der Waals surface area contributed by atoms with Crippen LogP contribution >= 0.6 is 0 Å². The predicted molar refractivity (Wildman–Crippen MR) is 49.7 cm³/mol. The van der Waals surface area contributed by atoms with Gasteiger partial charge in [-0.1, -0.05) is 36.5 Å². The number of nitrogens with zero attached hydrogens (tertiary/aromatic N) is 1. The van der Waals surface area contributed by atoms with Crippen LogP contribution in [0.1, 0.15) is 6.42 Å². The molecule has 1 heteroatoms. The second kappa shape index (κ2) is 5.42. The topological polar surface area (TPSA) is 12.4 Å². The highest BCUT2D eigenvalue weighted by Gasteiger charge is 1.70. The van der Waals surface area contributed by atoms with Gasteiger partial charge in [-0.2, -0.15) is 0 Å². The quantitative estimate of drug-likeness (QED) is 0.497. The van der Waals surface area contributed by atoms with Crippen molar-refractivity contribution in [2.75, 3.05) is 0 Å². The molecule has 0 unspecified atom stereocenters. The molecule has 1 nitrogen and oxygen atoms in total. The van der Waals surface area contributed by atoms with Gasteiger partial charge in [-0.15, -0.1) is 0 Å². The molecule has 0 N–H and O–H groups in total. The van der Waals surface area contributed by atoms with Crippen molar-refractivity contribution in [2.45, 2.75) is 6.42 Å². The molecule has 0 bridgehead atoms. The van der Waals surface area contributed by atoms with Gasteiger partial charge in [0.2, 0.25) is 0 Å². The van der Waals surface area contributed by atoms with Gasteiger partial charge in [0.15, 0.2) is 0 Å². The number of aliphatic imine (C=N–C) groups is 1. The summed E-state index contributed by atoms with van der Waals surface area (Å²) in [5.41, 5.74) is 0. The van der Waals surface area contributed by atoms with Gasteiger partial charge in [0.25, 0.3) is 0 Å². The van der Waals surface area contributed by atoms with Crippen LogP contribution < -0.4 is 0 Å². The second-order valence-electron chi connectivity index (χ2n) is 2.12. The van der Waals surface area contributed by atoms with Gasteiger partial charge in [0.1, 0.15) is 0 Å². The summed E-state index contributed by atoms with van der Waals surface area (Å²) >= 11 is 0. The van der Waals surface area contributed by atoms with Crippen molar-refractivity contribution in [3.8, 4) is 0 Å². The third-order valence-corrected chi connectivity index (χ3v) is 1.22. The molecule has 0 radical (unpaired) electrons. The highest BCUT2D eigenvalue weighted by molar-refractivity contribution is 5.72. The maximum atomic E-state index is 4.01.